The zero-order valence-corrected chi connectivity index (χ0v) is 11.4. The summed E-state index contributed by atoms with van der Waals surface area (Å²) in [6.45, 7) is 0. The van der Waals surface area contributed by atoms with E-state index in [0.717, 1.165) is 9.71 Å². The largest absolute Gasteiger partial charge is 0.273 e. The molecule has 0 saturated carbocycles. The Bertz CT molecular complexity index is 654. The van der Waals surface area contributed by atoms with Crippen LogP contribution in [0.2, 0.25) is 5.02 Å². The molecule has 0 spiro atoms. The van der Waals surface area contributed by atoms with Crippen molar-refractivity contribution < 1.29 is 9.59 Å². The first kappa shape index (κ1) is 12.4. The third kappa shape index (κ3) is 2.29. The van der Waals surface area contributed by atoms with E-state index in [4.69, 9.17) is 11.6 Å². The lowest BCUT2D eigenvalue weighted by atomic mass is 10.1. The highest BCUT2D eigenvalue weighted by molar-refractivity contribution is 7.22. The summed E-state index contributed by atoms with van der Waals surface area (Å²) in [5.74, 6) is -0.441. The fourth-order valence-corrected chi connectivity index (χ4v) is 3.09. The first-order valence-electron chi connectivity index (χ1n) is 5.82. The number of rotatable bonds is 2. The monoisotopic (exact) mass is 295 g/mol. The number of piperidine rings is 1. The van der Waals surface area contributed by atoms with Crippen molar-refractivity contribution in [3.05, 3.63) is 23.2 Å². The molecule has 5 nitrogen and oxygen atoms in total. The Morgan fingerprint density at radius 2 is 2.00 bits per heavy atom. The molecule has 0 radical (unpaired) electrons. The van der Waals surface area contributed by atoms with E-state index in [1.54, 1.807) is 6.07 Å². The van der Waals surface area contributed by atoms with Crippen LogP contribution >= 0.6 is 22.9 Å². The number of anilines is 1. The maximum atomic E-state index is 11.7. The van der Waals surface area contributed by atoms with Gasteiger partial charge >= 0.3 is 0 Å². The van der Waals surface area contributed by atoms with E-state index in [2.05, 4.69) is 10.4 Å². The van der Waals surface area contributed by atoms with Crippen LogP contribution in [-0.2, 0) is 9.59 Å². The van der Waals surface area contributed by atoms with Crippen LogP contribution in [0.25, 0.3) is 10.2 Å². The number of halogens is 1. The first-order valence-corrected chi connectivity index (χ1v) is 7.02. The molecule has 7 heteroatoms. The summed E-state index contributed by atoms with van der Waals surface area (Å²) >= 11 is 7.40. The third-order valence-corrected chi connectivity index (χ3v) is 4.09. The number of benzene rings is 1. The minimum absolute atomic E-state index is 0.221. The number of imide groups is 1. The van der Waals surface area contributed by atoms with Crippen molar-refractivity contribution in [2.24, 2.45) is 0 Å². The van der Waals surface area contributed by atoms with Crippen LogP contribution < -0.4 is 5.43 Å². The molecule has 0 atom stereocenters. The number of fused-ring (bicyclic) bond motifs is 1. The van der Waals surface area contributed by atoms with Gasteiger partial charge in [-0.05, 0) is 18.6 Å². The van der Waals surface area contributed by atoms with Crippen molar-refractivity contribution in [3.8, 4) is 0 Å². The molecule has 0 aliphatic carbocycles. The van der Waals surface area contributed by atoms with Gasteiger partial charge in [-0.25, -0.2) is 4.98 Å². The molecular formula is C12H10ClN3O2S. The molecular weight excluding hydrogens is 286 g/mol. The summed E-state index contributed by atoms with van der Waals surface area (Å²) < 4.78 is 0.909. The lowest BCUT2D eigenvalue weighted by Crippen LogP contribution is -2.43. The number of aromatic nitrogens is 1. The minimum atomic E-state index is -0.221. The van der Waals surface area contributed by atoms with Crippen molar-refractivity contribution in [3.63, 3.8) is 0 Å². The Morgan fingerprint density at radius 1 is 1.26 bits per heavy atom. The number of nitrogens with one attached hydrogen (secondary N) is 1. The quantitative estimate of drug-likeness (QED) is 0.865. The molecule has 2 aromatic rings. The van der Waals surface area contributed by atoms with Gasteiger partial charge in [0.05, 0.1) is 9.72 Å². The van der Waals surface area contributed by atoms with Crippen LogP contribution in [0, 0.1) is 0 Å². The van der Waals surface area contributed by atoms with Crippen LogP contribution in [-0.4, -0.2) is 21.8 Å². The van der Waals surface area contributed by atoms with Gasteiger partial charge in [0.15, 0.2) is 0 Å². The number of thiazole rings is 1. The molecule has 1 saturated heterocycles. The summed E-state index contributed by atoms with van der Waals surface area (Å²) in [6.07, 6.45) is 1.37. The van der Waals surface area contributed by atoms with Crippen LogP contribution in [0.4, 0.5) is 5.13 Å². The molecule has 2 amide bonds. The van der Waals surface area contributed by atoms with Crippen molar-refractivity contribution in [1.82, 2.24) is 9.99 Å². The predicted octanol–water partition coefficient (Wildman–Crippen LogP) is 2.82. The first-order chi connectivity index (χ1) is 9.15. The molecule has 2 heterocycles. The van der Waals surface area contributed by atoms with Crippen molar-refractivity contribution >= 4 is 50.1 Å². The van der Waals surface area contributed by atoms with Gasteiger partial charge in [-0.2, -0.15) is 5.01 Å². The number of carbonyl (C=O) groups is 2. The highest BCUT2D eigenvalue weighted by Gasteiger charge is 2.26. The molecule has 0 unspecified atom stereocenters. The van der Waals surface area contributed by atoms with Gasteiger partial charge in [0, 0.05) is 12.8 Å². The molecule has 19 heavy (non-hydrogen) atoms. The zero-order valence-electron chi connectivity index (χ0n) is 9.85. The topological polar surface area (TPSA) is 62.3 Å². The average molecular weight is 296 g/mol. The number of nitrogens with zero attached hydrogens (tertiary/aromatic N) is 2. The summed E-state index contributed by atoms with van der Waals surface area (Å²) in [6, 6.07) is 5.48. The summed E-state index contributed by atoms with van der Waals surface area (Å²) in [5.41, 5.74) is 3.45. The van der Waals surface area contributed by atoms with Gasteiger partial charge in [-0.3, -0.25) is 15.0 Å². The molecule has 0 bridgehead atoms. The Labute approximate surface area is 118 Å². The SMILES string of the molecule is O=C1CCCC(=O)N1Nc1nc2c(Cl)cccc2s1. The molecule has 1 aromatic carbocycles. The lowest BCUT2D eigenvalue weighted by Gasteiger charge is -2.24. The van der Waals surface area contributed by atoms with Crippen molar-refractivity contribution in [2.45, 2.75) is 19.3 Å². The van der Waals surface area contributed by atoms with Crippen molar-refractivity contribution in [1.29, 1.82) is 0 Å². The van der Waals surface area contributed by atoms with E-state index in [1.807, 2.05) is 12.1 Å². The van der Waals surface area contributed by atoms with E-state index >= 15 is 0 Å². The number of carbonyl (C=O) groups excluding carboxylic acids is 2. The highest BCUT2D eigenvalue weighted by Crippen LogP contribution is 2.31. The fraction of sp³-hybridized carbons (Fsp3) is 0.250. The number of para-hydroxylation sites is 1. The fourth-order valence-electron chi connectivity index (χ4n) is 1.94. The second-order valence-electron chi connectivity index (χ2n) is 4.19. The van der Waals surface area contributed by atoms with E-state index in [-0.39, 0.29) is 11.8 Å². The van der Waals surface area contributed by atoms with Gasteiger partial charge in [0.2, 0.25) is 16.9 Å². The smallest absolute Gasteiger partial charge is 0.248 e. The zero-order chi connectivity index (χ0) is 13.4. The summed E-state index contributed by atoms with van der Waals surface area (Å²) in [7, 11) is 0. The predicted molar refractivity (Wildman–Crippen MR) is 74.0 cm³/mol. The Kier molecular flexibility index (Phi) is 3.12. The summed E-state index contributed by atoms with van der Waals surface area (Å²) in [5, 5.41) is 2.10. The standard InChI is InChI=1S/C12H10ClN3O2S/c13-7-3-1-4-8-11(7)14-12(19-8)15-16-9(17)5-2-6-10(16)18/h1,3-4H,2,5-6H2,(H,14,15). The molecule has 1 fully saturated rings. The maximum Gasteiger partial charge on any atom is 0.248 e. The van der Waals surface area contributed by atoms with Gasteiger partial charge in [0.1, 0.15) is 5.52 Å². The van der Waals surface area contributed by atoms with Gasteiger partial charge in [0.25, 0.3) is 0 Å². The highest BCUT2D eigenvalue weighted by atomic mass is 35.5. The Morgan fingerprint density at radius 3 is 2.68 bits per heavy atom. The second kappa shape index (κ2) is 4.79. The molecule has 1 aliphatic rings. The van der Waals surface area contributed by atoms with Gasteiger partial charge < -0.3 is 0 Å². The van der Waals surface area contributed by atoms with Crippen LogP contribution in [0.15, 0.2) is 18.2 Å². The second-order valence-corrected chi connectivity index (χ2v) is 5.63. The van der Waals surface area contributed by atoms with Crippen LogP contribution in [0.3, 0.4) is 0 Å². The number of hydrogen-bond donors (Lipinski definition) is 1. The number of hydrogen-bond acceptors (Lipinski definition) is 5. The minimum Gasteiger partial charge on any atom is -0.273 e. The van der Waals surface area contributed by atoms with Crippen molar-refractivity contribution in [2.75, 3.05) is 5.43 Å². The van der Waals surface area contributed by atoms with Gasteiger partial charge in [-0.1, -0.05) is 29.0 Å². The number of hydrazine groups is 1. The average Bonchev–Trinajstić information content (AvgIpc) is 2.78. The Balaban J connectivity index is 1.90. The normalized spacial score (nSPS) is 16.2. The van der Waals surface area contributed by atoms with E-state index in [0.29, 0.717) is 34.9 Å². The Hall–Kier alpha value is -1.66. The lowest BCUT2D eigenvalue weighted by molar-refractivity contribution is -0.146. The van der Waals surface area contributed by atoms with E-state index < -0.39 is 0 Å². The molecule has 1 N–H and O–H groups in total. The van der Waals surface area contributed by atoms with Crippen LogP contribution in [0.5, 0.6) is 0 Å². The molecule has 3 rings (SSSR count). The molecule has 98 valence electrons. The summed E-state index contributed by atoms with van der Waals surface area (Å²) in [4.78, 5) is 27.7. The van der Waals surface area contributed by atoms with Crippen LogP contribution in [0.1, 0.15) is 19.3 Å². The third-order valence-electron chi connectivity index (χ3n) is 2.86. The van der Waals surface area contributed by atoms with E-state index in [9.17, 15) is 9.59 Å². The number of amides is 2. The molecule has 1 aromatic heterocycles. The van der Waals surface area contributed by atoms with E-state index in [1.165, 1.54) is 11.3 Å². The van der Waals surface area contributed by atoms with Gasteiger partial charge in [-0.15, -0.1) is 0 Å². The molecule has 1 aliphatic heterocycles. The maximum absolute atomic E-state index is 11.7.